The number of amides is 1. The molecule has 2 N–H and O–H groups in total. The Balaban J connectivity index is 1.68. The van der Waals surface area contributed by atoms with Gasteiger partial charge in [-0.2, -0.15) is 17.5 Å². The van der Waals surface area contributed by atoms with E-state index in [1.807, 2.05) is 0 Å². The highest BCUT2D eigenvalue weighted by Crippen LogP contribution is 2.31. The second-order valence-corrected chi connectivity index (χ2v) is 8.96. The number of ether oxygens (including phenoxy) is 1. The summed E-state index contributed by atoms with van der Waals surface area (Å²) in [6.45, 7) is 0.602. The maximum atomic E-state index is 12.8. The van der Waals surface area contributed by atoms with Crippen molar-refractivity contribution in [3.63, 3.8) is 0 Å². The summed E-state index contributed by atoms with van der Waals surface area (Å²) in [5, 5.41) is 5.12. The Morgan fingerprint density at radius 1 is 1.10 bits per heavy atom. The van der Waals surface area contributed by atoms with E-state index in [1.54, 1.807) is 0 Å². The second kappa shape index (κ2) is 9.43. The summed E-state index contributed by atoms with van der Waals surface area (Å²) in [7, 11) is -3.88. The molecular formula is C19H19ClF3N3O4S. The average Bonchev–Trinajstić information content (AvgIpc) is 2.74. The highest BCUT2D eigenvalue weighted by Gasteiger charge is 2.30. The maximum Gasteiger partial charge on any atom is 0.416 e. The van der Waals surface area contributed by atoms with Gasteiger partial charge in [-0.1, -0.05) is 17.7 Å². The minimum Gasteiger partial charge on any atom is -0.379 e. The molecule has 1 aliphatic heterocycles. The van der Waals surface area contributed by atoms with Gasteiger partial charge in [-0.05, 0) is 36.4 Å². The number of carbonyl (C=O) groups excluding carboxylic acids is 1. The normalized spacial score (nSPS) is 15.5. The predicted molar refractivity (Wildman–Crippen MR) is 110 cm³/mol. The number of sulfonamides is 1. The van der Waals surface area contributed by atoms with Crippen LogP contribution < -0.4 is 10.6 Å². The summed E-state index contributed by atoms with van der Waals surface area (Å²) >= 11 is 6.08. The largest absolute Gasteiger partial charge is 0.416 e. The number of hydrogen-bond acceptors (Lipinski definition) is 5. The van der Waals surface area contributed by atoms with E-state index in [1.165, 1.54) is 34.6 Å². The third-order valence-corrected chi connectivity index (χ3v) is 6.83. The molecule has 168 valence electrons. The first-order valence-corrected chi connectivity index (χ1v) is 11.0. The third kappa shape index (κ3) is 5.88. The molecule has 31 heavy (non-hydrogen) atoms. The Labute approximate surface area is 182 Å². The van der Waals surface area contributed by atoms with Crippen LogP contribution in [0.5, 0.6) is 0 Å². The highest BCUT2D eigenvalue weighted by atomic mass is 35.5. The molecular weight excluding hydrogens is 459 g/mol. The molecule has 7 nitrogen and oxygen atoms in total. The zero-order valence-corrected chi connectivity index (χ0v) is 17.6. The van der Waals surface area contributed by atoms with E-state index in [-0.39, 0.29) is 54.1 Å². The van der Waals surface area contributed by atoms with Crippen molar-refractivity contribution >= 4 is 38.9 Å². The number of rotatable bonds is 6. The summed E-state index contributed by atoms with van der Waals surface area (Å²) in [5.41, 5.74) is -0.530. The molecule has 0 aliphatic carbocycles. The molecule has 1 amide bonds. The summed E-state index contributed by atoms with van der Waals surface area (Å²) in [6.07, 6.45) is -4.49. The minimum atomic E-state index is -4.49. The lowest BCUT2D eigenvalue weighted by molar-refractivity contribution is -0.137. The molecule has 12 heteroatoms. The number of benzene rings is 2. The summed E-state index contributed by atoms with van der Waals surface area (Å²) < 4.78 is 70.4. The van der Waals surface area contributed by atoms with Gasteiger partial charge in [0, 0.05) is 24.5 Å². The van der Waals surface area contributed by atoms with E-state index >= 15 is 0 Å². The van der Waals surface area contributed by atoms with Crippen molar-refractivity contribution in [3.8, 4) is 0 Å². The van der Waals surface area contributed by atoms with Gasteiger partial charge in [0.2, 0.25) is 15.9 Å². The molecule has 2 aromatic rings. The molecule has 0 saturated carbocycles. The fourth-order valence-corrected chi connectivity index (χ4v) is 4.81. The lowest BCUT2D eigenvalue weighted by Crippen LogP contribution is -2.40. The lowest BCUT2D eigenvalue weighted by Gasteiger charge is -2.26. The molecule has 0 radical (unpaired) electrons. The lowest BCUT2D eigenvalue weighted by atomic mass is 10.2. The Morgan fingerprint density at radius 2 is 1.81 bits per heavy atom. The van der Waals surface area contributed by atoms with Crippen molar-refractivity contribution in [1.29, 1.82) is 0 Å². The summed E-state index contributed by atoms with van der Waals surface area (Å²) in [5.74, 6) is -0.575. The number of nitrogens with zero attached hydrogens (tertiary/aromatic N) is 1. The van der Waals surface area contributed by atoms with Gasteiger partial charge in [-0.15, -0.1) is 0 Å². The van der Waals surface area contributed by atoms with Gasteiger partial charge in [0.1, 0.15) is 4.90 Å². The Bertz CT molecular complexity index is 1060. The van der Waals surface area contributed by atoms with Crippen LogP contribution in [0.2, 0.25) is 5.02 Å². The average molecular weight is 478 g/mol. The molecule has 1 saturated heterocycles. The monoisotopic (exact) mass is 477 g/mol. The standard InChI is InChI=1S/C19H19ClF3N3O4S/c20-16-5-4-15(11-17(16)31(28,29)26-6-8-30-9-7-26)25-18(27)12-24-14-3-1-2-13(10-14)19(21,22)23/h1-5,10-11,24H,6-9,12H2,(H,25,27). The number of alkyl halides is 3. The SMILES string of the molecule is O=C(CNc1cccc(C(F)(F)F)c1)Nc1ccc(Cl)c(S(=O)(=O)N2CCOCC2)c1. The van der Waals surface area contributed by atoms with Crippen LogP contribution in [0.4, 0.5) is 24.5 Å². The fraction of sp³-hybridized carbons (Fsp3) is 0.316. The van der Waals surface area contributed by atoms with E-state index in [0.29, 0.717) is 0 Å². The van der Waals surface area contributed by atoms with Crippen LogP contribution in [-0.2, 0) is 25.7 Å². The van der Waals surface area contributed by atoms with Crippen LogP contribution >= 0.6 is 11.6 Å². The topological polar surface area (TPSA) is 87.7 Å². The number of hydrogen-bond donors (Lipinski definition) is 2. The van der Waals surface area contributed by atoms with Crippen molar-refractivity contribution in [2.75, 3.05) is 43.5 Å². The van der Waals surface area contributed by atoms with Gasteiger partial charge in [0.05, 0.1) is 30.3 Å². The molecule has 1 aliphatic rings. The van der Waals surface area contributed by atoms with Crippen LogP contribution in [0.1, 0.15) is 5.56 Å². The fourth-order valence-electron chi connectivity index (χ4n) is 2.90. The van der Waals surface area contributed by atoms with E-state index < -0.39 is 27.7 Å². The molecule has 1 fully saturated rings. The minimum absolute atomic E-state index is 0.00609. The summed E-state index contributed by atoms with van der Waals surface area (Å²) in [6, 6.07) is 8.48. The van der Waals surface area contributed by atoms with Crippen LogP contribution in [0.15, 0.2) is 47.4 Å². The Hall–Kier alpha value is -2.34. The molecule has 0 atom stereocenters. The van der Waals surface area contributed by atoms with Crippen LogP contribution in [0, 0.1) is 0 Å². The third-order valence-electron chi connectivity index (χ3n) is 4.45. The number of halogens is 4. The van der Waals surface area contributed by atoms with E-state index in [9.17, 15) is 26.4 Å². The van der Waals surface area contributed by atoms with Crippen molar-refractivity contribution in [1.82, 2.24) is 4.31 Å². The van der Waals surface area contributed by atoms with Gasteiger partial charge in [-0.25, -0.2) is 8.42 Å². The molecule has 2 aromatic carbocycles. The van der Waals surface area contributed by atoms with Crippen molar-refractivity contribution in [2.45, 2.75) is 11.1 Å². The van der Waals surface area contributed by atoms with E-state index in [0.717, 1.165) is 12.1 Å². The number of carbonyl (C=O) groups is 1. The van der Waals surface area contributed by atoms with Crippen molar-refractivity contribution < 1.29 is 31.1 Å². The quantitative estimate of drug-likeness (QED) is 0.665. The first-order chi connectivity index (χ1) is 14.6. The van der Waals surface area contributed by atoms with Gasteiger partial charge in [0.15, 0.2) is 0 Å². The molecule has 1 heterocycles. The molecule has 0 unspecified atom stereocenters. The Kier molecular flexibility index (Phi) is 7.10. The zero-order valence-electron chi connectivity index (χ0n) is 16.1. The molecule has 0 bridgehead atoms. The van der Waals surface area contributed by atoms with Gasteiger partial charge >= 0.3 is 6.18 Å². The number of nitrogens with one attached hydrogen (secondary N) is 2. The predicted octanol–water partition coefficient (Wildman–Crippen LogP) is 3.43. The highest BCUT2D eigenvalue weighted by molar-refractivity contribution is 7.89. The molecule has 3 rings (SSSR count). The van der Waals surface area contributed by atoms with Gasteiger partial charge in [0.25, 0.3) is 0 Å². The first-order valence-electron chi connectivity index (χ1n) is 9.16. The Morgan fingerprint density at radius 3 is 2.48 bits per heavy atom. The number of morpholine rings is 1. The number of anilines is 2. The smallest absolute Gasteiger partial charge is 0.379 e. The van der Waals surface area contributed by atoms with Gasteiger partial charge < -0.3 is 15.4 Å². The van der Waals surface area contributed by atoms with E-state index in [2.05, 4.69) is 10.6 Å². The molecule has 0 spiro atoms. The van der Waals surface area contributed by atoms with Gasteiger partial charge in [-0.3, -0.25) is 4.79 Å². The van der Waals surface area contributed by atoms with Crippen LogP contribution in [0.3, 0.4) is 0 Å². The van der Waals surface area contributed by atoms with Crippen LogP contribution in [-0.4, -0.2) is 51.5 Å². The molecule has 0 aromatic heterocycles. The zero-order chi connectivity index (χ0) is 22.6. The van der Waals surface area contributed by atoms with E-state index in [4.69, 9.17) is 16.3 Å². The first kappa shape index (κ1) is 23.3. The second-order valence-electron chi connectivity index (χ2n) is 6.64. The van der Waals surface area contributed by atoms with Crippen molar-refractivity contribution in [3.05, 3.63) is 53.1 Å². The summed E-state index contributed by atoms with van der Waals surface area (Å²) in [4.78, 5) is 12.1. The maximum absolute atomic E-state index is 12.8. The van der Waals surface area contributed by atoms with Crippen molar-refractivity contribution in [2.24, 2.45) is 0 Å². The van der Waals surface area contributed by atoms with Crippen LogP contribution in [0.25, 0.3) is 0 Å².